The highest BCUT2D eigenvalue weighted by Crippen LogP contribution is 2.19. The van der Waals surface area contributed by atoms with Gasteiger partial charge in [-0.25, -0.2) is 12.8 Å². The molecule has 0 unspecified atom stereocenters. The molecule has 2 heterocycles. The molecule has 27 heavy (non-hydrogen) atoms. The molecule has 1 saturated heterocycles. The number of hydrogen-bond acceptors (Lipinski definition) is 4. The molecule has 0 spiro atoms. The molecule has 146 valence electrons. The number of carbonyl (C=O) groups is 1. The highest BCUT2D eigenvalue weighted by atomic mass is 32.2. The van der Waals surface area contributed by atoms with E-state index in [9.17, 15) is 17.6 Å². The van der Waals surface area contributed by atoms with Gasteiger partial charge in [0.05, 0.1) is 10.6 Å². The maximum Gasteiger partial charge on any atom is 0.243 e. The Hall–Kier alpha value is -2.26. The first-order valence-corrected chi connectivity index (χ1v) is 10.3. The molecule has 0 radical (unpaired) electrons. The van der Waals surface area contributed by atoms with Crippen LogP contribution >= 0.6 is 0 Å². The largest absolute Gasteiger partial charge is 0.340 e. The summed E-state index contributed by atoms with van der Waals surface area (Å²) < 4.78 is 39.6. The third-order valence-electron chi connectivity index (χ3n) is 4.91. The quantitative estimate of drug-likeness (QED) is 0.835. The Kier molecular flexibility index (Phi) is 5.61. The Balaban J connectivity index is 1.56. The highest BCUT2D eigenvalue weighted by molar-refractivity contribution is 7.89. The first kappa shape index (κ1) is 19.5. The molecule has 0 aliphatic carbocycles. The number of piperazine rings is 1. The molecule has 9 heteroatoms. The van der Waals surface area contributed by atoms with Crippen molar-refractivity contribution >= 4 is 15.9 Å². The lowest BCUT2D eigenvalue weighted by atomic mass is 10.1. The first-order valence-electron chi connectivity index (χ1n) is 8.83. The van der Waals surface area contributed by atoms with Crippen LogP contribution in [0.4, 0.5) is 4.39 Å². The third kappa shape index (κ3) is 4.19. The summed E-state index contributed by atoms with van der Waals surface area (Å²) in [5.41, 5.74) is 2.92. The second kappa shape index (κ2) is 7.77. The van der Waals surface area contributed by atoms with E-state index in [1.165, 1.54) is 16.4 Å². The summed E-state index contributed by atoms with van der Waals surface area (Å²) >= 11 is 0. The molecule has 1 N–H and O–H groups in total. The number of amides is 1. The lowest BCUT2D eigenvalue weighted by molar-refractivity contribution is -0.132. The number of carbonyl (C=O) groups excluding carboxylic acids is 1. The van der Waals surface area contributed by atoms with E-state index >= 15 is 0 Å². The smallest absolute Gasteiger partial charge is 0.243 e. The van der Waals surface area contributed by atoms with Crippen molar-refractivity contribution in [3.05, 3.63) is 47.0 Å². The summed E-state index contributed by atoms with van der Waals surface area (Å²) in [7, 11) is -3.67. The molecule has 0 bridgehead atoms. The van der Waals surface area contributed by atoms with Crippen molar-refractivity contribution in [3.8, 4) is 0 Å². The first-order chi connectivity index (χ1) is 12.8. The average Bonchev–Trinajstić information content (AvgIpc) is 2.98. The van der Waals surface area contributed by atoms with Crippen LogP contribution in [0.1, 0.15) is 23.4 Å². The van der Waals surface area contributed by atoms with Crippen LogP contribution < -0.4 is 0 Å². The van der Waals surface area contributed by atoms with Gasteiger partial charge in [-0.05, 0) is 50.1 Å². The Bertz CT molecular complexity index is 897. The summed E-state index contributed by atoms with van der Waals surface area (Å²) in [6.07, 6.45) is 0.979. The van der Waals surface area contributed by atoms with Crippen LogP contribution in [0.15, 0.2) is 29.2 Å². The van der Waals surface area contributed by atoms with Crippen molar-refractivity contribution in [2.75, 3.05) is 26.2 Å². The predicted molar refractivity (Wildman–Crippen MR) is 98.1 cm³/mol. The third-order valence-corrected chi connectivity index (χ3v) is 6.83. The van der Waals surface area contributed by atoms with Gasteiger partial charge in [0.2, 0.25) is 15.9 Å². The van der Waals surface area contributed by atoms with Crippen LogP contribution in [0, 0.1) is 19.7 Å². The molecule has 1 aromatic carbocycles. The van der Waals surface area contributed by atoms with Crippen molar-refractivity contribution in [1.29, 1.82) is 0 Å². The summed E-state index contributed by atoms with van der Waals surface area (Å²) in [4.78, 5) is 14.2. The summed E-state index contributed by atoms with van der Waals surface area (Å²) in [5, 5.41) is 7.04. The van der Waals surface area contributed by atoms with E-state index in [4.69, 9.17) is 0 Å². The van der Waals surface area contributed by atoms with Crippen molar-refractivity contribution < 1.29 is 17.6 Å². The van der Waals surface area contributed by atoms with Gasteiger partial charge in [0.25, 0.3) is 0 Å². The number of aromatic amines is 1. The molecule has 0 atom stereocenters. The molecule has 1 fully saturated rings. The van der Waals surface area contributed by atoms with Gasteiger partial charge in [0.1, 0.15) is 5.82 Å². The number of nitrogens with one attached hydrogen (secondary N) is 1. The molecule has 1 aromatic heterocycles. The van der Waals surface area contributed by atoms with Gasteiger partial charge in [-0.15, -0.1) is 0 Å². The van der Waals surface area contributed by atoms with E-state index < -0.39 is 15.8 Å². The highest BCUT2D eigenvalue weighted by Gasteiger charge is 2.30. The molecule has 1 aliphatic rings. The van der Waals surface area contributed by atoms with Gasteiger partial charge in [-0.1, -0.05) is 0 Å². The number of halogens is 1. The fourth-order valence-electron chi connectivity index (χ4n) is 3.27. The van der Waals surface area contributed by atoms with Gasteiger partial charge >= 0.3 is 0 Å². The summed E-state index contributed by atoms with van der Waals surface area (Å²) in [5.74, 6) is -0.471. The Labute approximate surface area is 158 Å². The van der Waals surface area contributed by atoms with E-state index in [0.29, 0.717) is 25.9 Å². The molecule has 2 aromatic rings. The lowest BCUT2D eigenvalue weighted by Crippen LogP contribution is -2.50. The number of aryl methyl sites for hydroxylation is 2. The second-order valence-corrected chi connectivity index (χ2v) is 8.59. The molecule has 7 nitrogen and oxygen atoms in total. The Morgan fingerprint density at radius 3 is 2.33 bits per heavy atom. The van der Waals surface area contributed by atoms with Crippen molar-refractivity contribution in [2.24, 2.45) is 0 Å². The van der Waals surface area contributed by atoms with Crippen LogP contribution in [0.5, 0.6) is 0 Å². The zero-order valence-electron chi connectivity index (χ0n) is 15.4. The zero-order valence-corrected chi connectivity index (χ0v) is 16.2. The van der Waals surface area contributed by atoms with Gasteiger partial charge in [-0.3, -0.25) is 9.89 Å². The lowest BCUT2D eigenvalue weighted by Gasteiger charge is -2.34. The number of rotatable bonds is 5. The minimum absolute atomic E-state index is 0.00818. The SMILES string of the molecule is Cc1n[nH]c(C)c1CCC(=O)N1CCN(S(=O)(=O)c2ccc(F)cc2)CC1. The molecule has 1 aliphatic heterocycles. The maximum atomic E-state index is 13.0. The number of aromatic nitrogens is 2. The number of sulfonamides is 1. The van der Waals surface area contributed by atoms with E-state index in [1.54, 1.807) is 4.90 Å². The Morgan fingerprint density at radius 1 is 1.15 bits per heavy atom. The number of H-pyrrole nitrogens is 1. The minimum atomic E-state index is -3.67. The monoisotopic (exact) mass is 394 g/mol. The van der Waals surface area contributed by atoms with Gasteiger partial charge < -0.3 is 4.90 Å². The zero-order chi connectivity index (χ0) is 19.6. The number of hydrogen-bond donors (Lipinski definition) is 1. The fourth-order valence-corrected chi connectivity index (χ4v) is 4.69. The van der Waals surface area contributed by atoms with Crippen LogP contribution in [0.2, 0.25) is 0 Å². The Morgan fingerprint density at radius 2 is 1.78 bits per heavy atom. The van der Waals surface area contributed by atoms with Crippen molar-refractivity contribution in [3.63, 3.8) is 0 Å². The molecular weight excluding hydrogens is 371 g/mol. The molecular formula is C18H23FN4O3S. The average molecular weight is 394 g/mol. The number of benzene rings is 1. The maximum absolute atomic E-state index is 13.0. The summed E-state index contributed by atoms with van der Waals surface area (Å²) in [6.45, 7) is 5.00. The fraction of sp³-hybridized carbons (Fsp3) is 0.444. The second-order valence-electron chi connectivity index (χ2n) is 6.65. The van der Waals surface area contributed by atoms with Crippen LogP contribution in [-0.4, -0.2) is 59.9 Å². The van der Waals surface area contributed by atoms with Gasteiger partial charge in [0.15, 0.2) is 0 Å². The predicted octanol–water partition coefficient (Wildman–Crippen LogP) is 1.63. The normalized spacial score (nSPS) is 15.9. The van der Waals surface area contributed by atoms with Crippen LogP contribution in [0.3, 0.4) is 0 Å². The van der Waals surface area contributed by atoms with E-state index in [1.807, 2.05) is 13.8 Å². The van der Waals surface area contributed by atoms with Crippen LogP contribution in [0.25, 0.3) is 0 Å². The van der Waals surface area contributed by atoms with E-state index in [0.717, 1.165) is 29.1 Å². The van der Waals surface area contributed by atoms with Gasteiger partial charge in [-0.2, -0.15) is 9.40 Å². The van der Waals surface area contributed by atoms with Crippen molar-refractivity contribution in [1.82, 2.24) is 19.4 Å². The van der Waals surface area contributed by atoms with Gasteiger partial charge in [0, 0.05) is 38.3 Å². The molecule has 1 amide bonds. The minimum Gasteiger partial charge on any atom is -0.340 e. The number of nitrogens with zero attached hydrogens (tertiary/aromatic N) is 3. The van der Waals surface area contributed by atoms with Crippen LogP contribution in [-0.2, 0) is 21.2 Å². The topological polar surface area (TPSA) is 86.4 Å². The van der Waals surface area contributed by atoms with Crippen molar-refractivity contribution in [2.45, 2.75) is 31.6 Å². The van der Waals surface area contributed by atoms with E-state index in [2.05, 4.69) is 10.2 Å². The standard InChI is InChI=1S/C18H23FN4O3S/c1-13-17(14(2)21-20-13)7-8-18(24)22-9-11-23(12-10-22)27(25,26)16-5-3-15(19)4-6-16/h3-6H,7-12H2,1-2H3,(H,20,21). The molecule has 3 rings (SSSR count). The molecule has 0 saturated carbocycles. The van der Waals surface area contributed by atoms with E-state index in [-0.39, 0.29) is 23.9 Å². The summed E-state index contributed by atoms with van der Waals surface area (Å²) in [6, 6.07) is 4.79.